The monoisotopic (exact) mass is 256 g/mol. The lowest BCUT2D eigenvalue weighted by atomic mass is 10.0. The van der Waals surface area contributed by atoms with E-state index in [1.807, 2.05) is 13.8 Å². The molecule has 0 rings (SSSR count). The molecule has 0 aromatic carbocycles. The SMILES string of the molecule is CC(C)CC(NC(=O)OC(C)(C)C)C(O)=C[N+]#N. The number of aliphatic hydroxyl groups is 1. The number of hydrogen-bond donors (Lipinski definition) is 2. The molecule has 0 spiro atoms. The molecular weight excluding hydrogens is 234 g/mol. The molecule has 0 aliphatic rings. The molecule has 0 saturated carbocycles. The molecule has 0 aliphatic heterocycles. The molecule has 6 heteroatoms. The number of hydrogen-bond acceptors (Lipinski definition) is 4. The van der Waals surface area contributed by atoms with E-state index in [-0.39, 0.29) is 11.7 Å². The third-order valence-electron chi connectivity index (χ3n) is 1.95. The second kappa shape index (κ2) is 6.84. The van der Waals surface area contributed by atoms with Gasteiger partial charge in [0.05, 0.1) is 6.04 Å². The van der Waals surface area contributed by atoms with Crippen LogP contribution in [0, 0.1) is 11.3 Å². The van der Waals surface area contributed by atoms with Crippen LogP contribution >= 0.6 is 0 Å². The van der Waals surface area contributed by atoms with Crippen LogP contribution in [-0.4, -0.2) is 22.8 Å². The van der Waals surface area contributed by atoms with Gasteiger partial charge in [0.2, 0.25) is 11.2 Å². The van der Waals surface area contributed by atoms with Crippen molar-refractivity contribution >= 4 is 6.09 Å². The maximum atomic E-state index is 11.6. The molecule has 1 unspecified atom stereocenters. The molecule has 0 bridgehead atoms. The summed E-state index contributed by atoms with van der Waals surface area (Å²) in [6.45, 7) is 9.16. The van der Waals surface area contributed by atoms with Crippen LogP contribution in [0.15, 0.2) is 12.0 Å². The average molecular weight is 256 g/mol. The Balaban J connectivity index is 4.66. The van der Waals surface area contributed by atoms with Gasteiger partial charge in [0, 0.05) is 0 Å². The summed E-state index contributed by atoms with van der Waals surface area (Å²) < 4.78 is 5.10. The number of carbonyl (C=O) groups excluding carboxylic acids is 1. The van der Waals surface area contributed by atoms with Gasteiger partial charge in [-0.3, -0.25) is 0 Å². The van der Waals surface area contributed by atoms with Crippen molar-refractivity contribution in [2.45, 2.75) is 52.7 Å². The highest BCUT2D eigenvalue weighted by molar-refractivity contribution is 5.68. The van der Waals surface area contributed by atoms with Crippen LogP contribution in [0.1, 0.15) is 41.0 Å². The number of rotatable bonds is 4. The van der Waals surface area contributed by atoms with Gasteiger partial charge in [-0.25, -0.2) is 4.79 Å². The standard InChI is InChI=1S/C12H21N3O3/c1-8(2)6-9(10(16)7-14-13)15-11(17)18-12(3,4)5/h7-9H,6H2,1-5H3,(H-,15,16,17)/p+1. The summed E-state index contributed by atoms with van der Waals surface area (Å²) >= 11 is 0. The zero-order valence-electron chi connectivity index (χ0n) is 11.6. The predicted octanol–water partition coefficient (Wildman–Crippen LogP) is 3.18. The Hall–Kier alpha value is -1.77. The van der Waals surface area contributed by atoms with E-state index in [0.29, 0.717) is 6.42 Å². The Kier molecular flexibility index (Phi) is 6.17. The van der Waals surface area contributed by atoms with Gasteiger partial charge in [0.1, 0.15) is 5.60 Å². The first-order chi connectivity index (χ1) is 8.15. The van der Waals surface area contributed by atoms with Crippen LogP contribution in [0.3, 0.4) is 0 Å². The van der Waals surface area contributed by atoms with E-state index in [4.69, 9.17) is 10.1 Å². The number of amides is 1. The average Bonchev–Trinajstić information content (AvgIpc) is 2.13. The van der Waals surface area contributed by atoms with Gasteiger partial charge in [-0.1, -0.05) is 13.8 Å². The van der Waals surface area contributed by atoms with Crippen molar-refractivity contribution < 1.29 is 14.6 Å². The zero-order chi connectivity index (χ0) is 14.3. The van der Waals surface area contributed by atoms with Crippen molar-refractivity contribution in [2.75, 3.05) is 0 Å². The third-order valence-corrected chi connectivity index (χ3v) is 1.95. The fourth-order valence-electron chi connectivity index (χ4n) is 1.32. The quantitative estimate of drug-likeness (QED) is 0.597. The molecule has 0 aromatic heterocycles. The zero-order valence-corrected chi connectivity index (χ0v) is 11.6. The fraction of sp³-hybridized carbons (Fsp3) is 0.750. The normalized spacial score (nSPS) is 13.9. The number of ether oxygens (including phenoxy) is 1. The van der Waals surface area contributed by atoms with E-state index in [1.165, 1.54) is 0 Å². The van der Waals surface area contributed by atoms with E-state index in [0.717, 1.165) is 6.20 Å². The summed E-state index contributed by atoms with van der Waals surface area (Å²) in [4.78, 5) is 14.3. The number of diazo groups is 1. The Morgan fingerprint density at radius 2 is 2.06 bits per heavy atom. The number of nitrogens with one attached hydrogen (secondary N) is 1. The molecule has 0 saturated heterocycles. The lowest BCUT2D eigenvalue weighted by Crippen LogP contribution is -2.40. The highest BCUT2D eigenvalue weighted by atomic mass is 16.6. The van der Waals surface area contributed by atoms with Gasteiger partial charge in [0.25, 0.3) is 0 Å². The smallest absolute Gasteiger partial charge is 0.408 e. The first kappa shape index (κ1) is 16.2. The Morgan fingerprint density at radius 3 is 2.44 bits per heavy atom. The fourth-order valence-corrected chi connectivity index (χ4v) is 1.32. The maximum Gasteiger partial charge on any atom is 0.408 e. The Bertz CT molecular complexity index is 351. The van der Waals surface area contributed by atoms with Crippen LogP contribution < -0.4 is 5.32 Å². The summed E-state index contributed by atoms with van der Waals surface area (Å²) in [5.74, 6) is 0.0382. The van der Waals surface area contributed by atoms with Gasteiger partial charge in [-0.2, -0.15) is 0 Å². The second-order valence-electron chi connectivity index (χ2n) is 5.50. The van der Waals surface area contributed by atoms with Crippen molar-refractivity contribution in [3.63, 3.8) is 0 Å². The summed E-state index contributed by atoms with van der Waals surface area (Å²) in [5, 5.41) is 20.6. The van der Waals surface area contributed by atoms with Gasteiger partial charge in [-0.05, 0) is 33.1 Å². The first-order valence-corrected chi connectivity index (χ1v) is 5.88. The van der Waals surface area contributed by atoms with Crippen molar-refractivity contribution in [1.29, 1.82) is 5.39 Å². The molecule has 1 atom stereocenters. The minimum absolute atomic E-state index is 0.211. The van der Waals surface area contributed by atoms with Crippen molar-refractivity contribution in [3.05, 3.63) is 16.9 Å². The van der Waals surface area contributed by atoms with Gasteiger partial charge in [0.15, 0.2) is 4.98 Å². The maximum absolute atomic E-state index is 11.6. The van der Waals surface area contributed by atoms with Gasteiger partial charge < -0.3 is 15.2 Å². The van der Waals surface area contributed by atoms with Crippen molar-refractivity contribution in [1.82, 2.24) is 5.32 Å². The predicted molar refractivity (Wildman–Crippen MR) is 68.4 cm³/mol. The largest absolute Gasteiger partial charge is 0.504 e. The molecule has 0 radical (unpaired) electrons. The summed E-state index contributed by atoms with van der Waals surface area (Å²) in [7, 11) is 0. The molecule has 0 fully saturated rings. The minimum Gasteiger partial charge on any atom is -0.504 e. The molecule has 0 aromatic rings. The molecule has 6 nitrogen and oxygen atoms in total. The molecule has 18 heavy (non-hydrogen) atoms. The molecule has 1 amide bonds. The van der Waals surface area contributed by atoms with E-state index in [2.05, 4.69) is 10.3 Å². The van der Waals surface area contributed by atoms with E-state index >= 15 is 0 Å². The molecule has 102 valence electrons. The Labute approximate surface area is 108 Å². The molecule has 0 heterocycles. The van der Waals surface area contributed by atoms with Crippen molar-refractivity contribution in [2.24, 2.45) is 5.92 Å². The Morgan fingerprint density at radius 1 is 1.50 bits per heavy atom. The minimum atomic E-state index is -0.629. The summed E-state index contributed by atoms with van der Waals surface area (Å²) in [6, 6.07) is -0.629. The first-order valence-electron chi connectivity index (χ1n) is 5.88. The van der Waals surface area contributed by atoms with Crippen LogP contribution in [0.5, 0.6) is 0 Å². The van der Waals surface area contributed by atoms with E-state index < -0.39 is 17.7 Å². The van der Waals surface area contributed by atoms with E-state index in [1.54, 1.807) is 20.8 Å². The number of nitrogens with zero attached hydrogens (tertiary/aromatic N) is 2. The molecule has 2 N–H and O–H groups in total. The topological polar surface area (TPSA) is 86.7 Å². The van der Waals surface area contributed by atoms with Gasteiger partial charge in [-0.15, -0.1) is 0 Å². The summed E-state index contributed by atoms with van der Waals surface area (Å²) in [6.07, 6.45) is 0.785. The molecular formula is C12H22N3O3+. The lowest BCUT2D eigenvalue weighted by molar-refractivity contribution is 0.0495. The second-order valence-corrected chi connectivity index (χ2v) is 5.50. The van der Waals surface area contributed by atoms with Crippen molar-refractivity contribution in [3.8, 4) is 0 Å². The lowest BCUT2D eigenvalue weighted by Gasteiger charge is -2.23. The highest BCUT2D eigenvalue weighted by Gasteiger charge is 2.24. The van der Waals surface area contributed by atoms with Gasteiger partial charge >= 0.3 is 12.3 Å². The van der Waals surface area contributed by atoms with Crippen LogP contribution in [0.25, 0.3) is 4.98 Å². The van der Waals surface area contributed by atoms with Crippen LogP contribution in [0.2, 0.25) is 0 Å². The van der Waals surface area contributed by atoms with Crippen LogP contribution in [-0.2, 0) is 4.74 Å². The highest BCUT2D eigenvalue weighted by Crippen LogP contribution is 2.13. The third kappa shape index (κ3) is 7.49. The number of carbonyl (C=O) groups is 1. The van der Waals surface area contributed by atoms with E-state index in [9.17, 15) is 9.90 Å². The van der Waals surface area contributed by atoms with Crippen LogP contribution in [0.4, 0.5) is 4.79 Å². The summed E-state index contributed by atoms with van der Waals surface area (Å²) in [5.41, 5.74) is -0.604. The molecule has 0 aliphatic carbocycles. The number of aliphatic hydroxyl groups excluding tert-OH is 1. The number of alkyl carbamates (subject to hydrolysis) is 1.